The summed E-state index contributed by atoms with van der Waals surface area (Å²) >= 11 is 0. The molecule has 0 aliphatic carbocycles. The topological polar surface area (TPSA) is 78.4 Å². The Morgan fingerprint density at radius 2 is 1.79 bits per heavy atom. The molecule has 2 saturated heterocycles. The maximum Gasteiger partial charge on any atom is 0.200 e. The highest BCUT2D eigenvalue weighted by Gasteiger charge is 2.36. The van der Waals surface area contributed by atoms with E-state index in [9.17, 15) is 5.11 Å². The largest absolute Gasteiger partial charge is 0.502 e. The molecule has 0 spiro atoms. The minimum Gasteiger partial charge on any atom is -0.502 e. The lowest BCUT2D eigenvalue weighted by atomic mass is 9.82. The van der Waals surface area contributed by atoms with Crippen LogP contribution in [0, 0.1) is 0 Å². The second-order valence-electron chi connectivity index (χ2n) is 7.76. The van der Waals surface area contributed by atoms with Crippen LogP contribution in [0.5, 0.6) is 17.2 Å². The first-order valence-corrected chi connectivity index (χ1v) is 10.3. The van der Waals surface area contributed by atoms with Gasteiger partial charge in [0, 0.05) is 24.7 Å². The van der Waals surface area contributed by atoms with E-state index in [2.05, 4.69) is 29.5 Å². The van der Waals surface area contributed by atoms with Gasteiger partial charge in [-0.15, -0.1) is 0 Å². The summed E-state index contributed by atoms with van der Waals surface area (Å²) in [6.45, 7) is 3.36. The Balaban J connectivity index is 1.69. The van der Waals surface area contributed by atoms with E-state index in [4.69, 9.17) is 14.5 Å². The number of nitrogens with one attached hydrogen (secondary N) is 2. The second kappa shape index (κ2) is 9.37. The molecule has 1 aromatic carbocycles. The van der Waals surface area contributed by atoms with Crippen LogP contribution < -0.4 is 20.1 Å². The number of benzene rings is 1. The number of aliphatic imine (C=N–C) groups is 1. The fraction of sp³-hybridized carbons (Fsp3) is 0.667. The molecular weight excluding hydrogens is 356 g/mol. The van der Waals surface area contributed by atoms with Crippen molar-refractivity contribution in [3.63, 3.8) is 0 Å². The minimum absolute atomic E-state index is 0.0145. The molecule has 0 radical (unpaired) electrons. The van der Waals surface area contributed by atoms with Crippen molar-refractivity contribution in [3.8, 4) is 17.2 Å². The summed E-state index contributed by atoms with van der Waals surface area (Å²) in [4.78, 5) is 7.33. The number of hydrogen-bond acceptors (Lipinski definition) is 5. The molecule has 2 heterocycles. The molecule has 3 rings (SSSR count). The lowest BCUT2D eigenvalue weighted by molar-refractivity contribution is 0.0526. The quantitative estimate of drug-likeness (QED) is 0.512. The molecule has 3 N–H and O–H groups in total. The molecule has 2 aliphatic rings. The third kappa shape index (κ3) is 4.63. The van der Waals surface area contributed by atoms with Gasteiger partial charge in [0.1, 0.15) is 0 Å². The molecule has 0 amide bonds. The number of rotatable bonds is 6. The van der Waals surface area contributed by atoms with Crippen molar-refractivity contribution in [2.45, 2.75) is 63.7 Å². The van der Waals surface area contributed by atoms with Crippen LogP contribution >= 0.6 is 0 Å². The smallest absolute Gasteiger partial charge is 0.200 e. The van der Waals surface area contributed by atoms with E-state index in [0.29, 0.717) is 36.2 Å². The monoisotopic (exact) mass is 390 g/mol. The normalized spacial score (nSPS) is 25.3. The van der Waals surface area contributed by atoms with Gasteiger partial charge < -0.3 is 30.1 Å². The predicted octanol–water partition coefficient (Wildman–Crippen LogP) is 2.48. The molecule has 0 aromatic heterocycles. The molecule has 156 valence electrons. The third-order valence-corrected chi connectivity index (χ3v) is 5.98. The van der Waals surface area contributed by atoms with Crippen molar-refractivity contribution in [2.75, 3.05) is 27.8 Å². The molecule has 7 heteroatoms. The fourth-order valence-electron chi connectivity index (χ4n) is 4.46. The zero-order chi connectivity index (χ0) is 20.1. The lowest BCUT2D eigenvalue weighted by Crippen LogP contribution is -2.56. The van der Waals surface area contributed by atoms with Gasteiger partial charge in [-0.3, -0.25) is 0 Å². The summed E-state index contributed by atoms with van der Waals surface area (Å²) in [6.07, 6.45) is 6.28. The number of ether oxygens (including phenoxy) is 2. The van der Waals surface area contributed by atoms with Gasteiger partial charge in [0.05, 0.1) is 20.8 Å². The number of phenolic OH excluding ortho intramolecular Hbond substituents is 1. The number of nitrogens with zero attached hydrogens (tertiary/aromatic N) is 2. The first kappa shape index (κ1) is 20.6. The van der Waals surface area contributed by atoms with Gasteiger partial charge in [-0.05, 0) is 57.4 Å². The molecule has 28 heavy (non-hydrogen) atoms. The van der Waals surface area contributed by atoms with Gasteiger partial charge in [0.2, 0.25) is 5.75 Å². The van der Waals surface area contributed by atoms with Crippen LogP contribution in [0.4, 0.5) is 0 Å². The molecule has 2 aliphatic heterocycles. The molecule has 2 unspecified atom stereocenters. The zero-order valence-electron chi connectivity index (χ0n) is 17.5. The number of hydrogen-bond donors (Lipinski definition) is 3. The molecule has 2 bridgehead atoms. The van der Waals surface area contributed by atoms with Crippen LogP contribution in [0.15, 0.2) is 17.1 Å². The molecule has 2 atom stereocenters. The van der Waals surface area contributed by atoms with Crippen LogP contribution in [0.1, 0.15) is 44.6 Å². The van der Waals surface area contributed by atoms with E-state index in [0.717, 1.165) is 30.9 Å². The first-order valence-electron chi connectivity index (χ1n) is 10.3. The number of fused-ring (bicyclic) bond motifs is 2. The number of guanidine groups is 1. The highest BCUT2D eigenvalue weighted by Crippen LogP contribution is 2.37. The maximum absolute atomic E-state index is 10.1. The highest BCUT2D eigenvalue weighted by atomic mass is 16.5. The molecule has 0 saturated carbocycles. The van der Waals surface area contributed by atoms with E-state index in [1.54, 1.807) is 12.1 Å². The van der Waals surface area contributed by atoms with E-state index in [1.807, 2.05) is 0 Å². The van der Waals surface area contributed by atoms with Crippen molar-refractivity contribution in [2.24, 2.45) is 4.99 Å². The Hall–Kier alpha value is -2.15. The van der Waals surface area contributed by atoms with Crippen molar-refractivity contribution in [1.82, 2.24) is 15.5 Å². The second-order valence-corrected chi connectivity index (χ2v) is 7.76. The molecule has 7 nitrogen and oxygen atoms in total. The van der Waals surface area contributed by atoms with Gasteiger partial charge in [-0.2, -0.15) is 0 Å². The maximum atomic E-state index is 10.1. The summed E-state index contributed by atoms with van der Waals surface area (Å²) in [5.41, 5.74) is 0.920. The summed E-state index contributed by atoms with van der Waals surface area (Å²) < 4.78 is 10.5. The Bertz CT molecular complexity index is 655. The molecule has 2 fully saturated rings. The number of piperidine rings is 2. The van der Waals surface area contributed by atoms with Crippen molar-refractivity contribution >= 4 is 5.96 Å². The number of phenols is 1. The Morgan fingerprint density at radius 1 is 1.18 bits per heavy atom. The number of methoxy groups -OCH3 is 2. The van der Waals surface area contributed by atoms with Gasteiger partial charge in [-0.1, -0.05) is 6.42 Å². The Labute approximate surface area is 168 Å². The average molecular weight is 391 g/mol. The Kier molecular flexibility index (Phi) is 6.88. The zero-order valence-corrected chi connectivity index (χ0v) is 17.5. The molecule has 1 aromatic rings. The fourth-order valence-corrected chi connectivity index (χ4v) is 4.46. The van der Waals surface area contributed by atoms with Crippen molar-refractivity contribution in [3.05, 3.63) is 17.7 Å². The van der Waals surface area contributed by atoms with Crippen LogP contribution in [0.25, 0.3) is 0 Å². The average Bonchev–Trinajstić information content (AvgIpc) is 2.67. The van der Waals surface area contributed by atoms with Crippen LogP contribution in [0.3, 0.4) is 0 Å². The van der Waals surface area contributed by atoms with Crippen LogP contribution in [0.2, 0.25) is 0 Å². The van der Waals surface area contributed by atoms with E-state index >= 15 is 0 Å². The minimum atomic E-state index is 0.0145. The summed E-state index contributed by atoms with van der Waals surface area (Å²) in [7, 11) is 5.34. The van der Waals surface area contributed by atoms with Gasteiger partial charge in [0.15, 0.2) is 17.5 Å². The van der Waals surface area contributed by atoms with Crippen molar-refractivity contribution < 1.29 is 14.6 Å². The van der Waals surface area contributed by atoms with Crippen LogP contribution in [-0.4, -0.2) is 61.9 Å². The summed E-state index contributed by atoms with van der Waals surface area (Å²) in [5, 5.41) is 17.1. The van der Waals surface area contributed by atoms with Gasteiger partial charge in [-0.25, -0.2) is 4.99 Å². The SMILES string of the molecule is CCNC(=NCc1cc(OC)c(O)c(OC)c1)NC1CC2CCCC(C1)N2C. The number of aromatic hydroxyl groups is 1. The van der Waals surface area contributed by atoms with E-state index < -0.39 is 0 Å². The van der Waals surface area contributed by atoms with E-state index in [-0.39, 0.29) is 5.75 Å². The predicted molar refractivity (Wildman–Crippen MR) is 111 cm³/mol. The lowest BCUT2D eigenvalue weighted by Gasteiger charge is -2.47. The highest BCUT2D eigenvalue weighted by molar-refractivity contribution is 5.80. The summed E-state index contributed by atoms with van der Waals surface area (Å²) in [6, 6.07) is 5.40. The molecular formula is C21H34N4O3. The van der Waals surface area contributed by atoms with Gasteiger partial charge >= 0.3 is 0 Å². The third-order valence-electron chi connectivity index (χ3n) is 5.98. The van der Waals surface area contributed by atoms with Crippen LogP contribution in [-0.2, 0) is 6.54 Å². The Morgan fingerprint density at radius 3 is 2.32 bits per heavy atom. The van der Waals surface area contributed by atoms with E-state index in [1.165, 1.54) is 33.5 Å². The van der Waals surface area contributed by atoms with Gasteiger partial charge in [0.25, 0.3) is 0 Å². The first-order chi connectivity index (χ1) is 13.5. The summed E-state index contributed by atoms with van der Waals surface area (Å²) in [5.74, 6) is 1.64. The van der Waals surface area contributed by atoms with Crippen molar-refractivity contribution in [1.29, 1.82) is 0 Å². The standard InChI is InChI=1S/C21H34N4O3/c1-5-22-21(24-15-11-16-7-6-8-17(12-15)25(16)2)23-13-14-9-18(27-3)20(26)19(10-14)28-4/h9-10,15-17,26H,5-8,11-13H2,1-4H3,(H2,22,23,24).